The van der Waals surface area contributed by atoms with Gasteiger partial charge in [-0.2, -0.15) is 0 Å². The van der Waals surface area contributed by atoms with Gasteiger partial charge >= 0.3 is 0 Å². The first-order chi connectivity index (χ1) is 8.19. The molecule has 94 valence electrons. The summed E-state index contributed by atoms with van der Waals surface area (Å²) in [6, 6.07) is 6.66. The molecule has 0 aliphatic heterocycles. The Morgan fingerprint density at radius 2 is 2.12 bits per heavy atom. The second-order valence-corrected chi connectivity index (χ2v) is 5.22. The largest absolute Gasteiger partial charge is 0.493 e. The fourth-order valence-electron chi connectivity index (χ4n) is 2.07. The summed E-state index contributed by atoms with van der Waals surface area (Å²) in [7, 11) is 0. The fraction of sp³-hybridized carbons (Fsp3) is 0.600. The van der Waals surface area contributed by atoms with Crippen molar-refractivity contribution in [1.29, 1.82) is 0 Å². The van der Waals surface area contributed by atoms with Gasteiger partial charge in [-0.15, -0.1) is 0 Å². The maximum absolute atomic E-state index is 5.86. The Morgan fingerprint density at radius 3 is 2.71 bits per heavy atom. The molecular formula is C15H23NO. The first-order valence-electron chi connectivity index (χ1n) is 6.69. The van der Waals surface area contributed by atoms with Gasteiger partial charge in [-0.1, -0.05) is 13.0 Å². The van der Waals surface area contributed by atoms with Crippen LogP contribution in [0, 0.1) is 5.92 Å². The summed E-state index contributed by atoms with van der Waals surface area (Å²) in [5.41, 5.74) is 8.59. The molecule has 1 aliphatic rings. The van der Waals surface area contributed by atoms with Gasteiger partial charge in [-0.25, -0.2) is 0 Å². The topological polar surface area (TPSA) is 35.2 Å². The van der Waals surface area contributed by atoms with Crippen LogP contribution in [0.15, 0.2) is 18.2 Å². The Bertz CT molecular complexity index is 369. The van der Waals surface area contributed by atoms with Crippen LogP contribution in [-0.2, 0) is 12.8 Å². The highest BCUT2D eigenvalue weighted by molar-refractivity contribution is 5.36. The van der Waals surface area contributed by atoms with Crippen molar-refractivity contribution in [2.45, 2.75) is 45.6 Å². The van der Waals surface area contributed by atoms with E-state index in [9.17, 15) is 0 Å². The van der Waals surface area contributed by atoms with Gasteiger partial charge in [-0.05, 0) is 61.8 Å². The summed E-state index contributed by atoms with van der Waals surface area (Å²) < 4.78 is 5.80. The van der Waals surface area contributed by atoms with E-state index < -0.39 is 0 Å². The molecule has 2 N–H and O–H groups in total. The van der Waals surface area contributed by atoms with Gasteiger partial charge in [0.15, 0.2) is 0 Å². The Morgan fingerprint density at radius 1 is 1.35 bits per heavy atom. The first-order valence-corrected chi connectivity index (χ1v) is 6.69. The number of ether oxygens (including phenoxy) is 1. The fourth-order valence-corrected chi connectivity index (χ4v) is 2.07. The zero-order chi connectivity index (χ0) is 12.3. The number of hydrogen-bond acceptors (Lipinski definition) is 2. The van der Waals surface area contributed by atoms with Gasteiger partial charge in [0.1, 0.15) is 5.75 Å². The molecule has 1 aliphatic carbocycles. The monoisotopic (exact) mass is 233 g/mol. The number of hydrogen-bond donors (Lipinski definition) is 1. The van der Waals surface area contributed by atoms with E-state index in [0.717, 1.165) is 31.1 Å². The van der Waals surface area contributed by atoms with E-state index in [1.165, 1.54) is 24.0 Å². The van der Waals surface area contributed by atoms with E-state index in [1.54, 1.807) is 0 Å². The molecule has 0 aromatic heterocycles. The number of rotatable bonds is 6. The summed E-state index contributed by atoms with van der Waals surface area (Å²) in [5, 5.41) is 0. The Kier molecular flexibility index (Phi) is 4.06. The van der Waals surface area contributed by atoms with Gasteiger partial charge < -0.3 is 10.5 Å². The van der Waals surface area contributed by atoms with Crippen molar-refractivity contribution in [3.63, 3.8) is 0 Å². The average Bonchev–Trinajstić information content (AvgIpc) is 3.11. The van der Waals surface area contributed by atoms with Gasteiger partial charge in [-0.3, -0.25) is 0 Å². The lowest BCUT2D eigenvalue weighted by Gasteiger charge is -2.13. The maximum atomic E-state index is 5.86. The summed E-state index contributed by atoms with van der Waals surface area (Å²) in [6.45, 7) is 5.12. The quantitative estimate of drug-likeness (QED) is 0.820. The Balaban J connectivity index is 2.03. The molecule has 1 atom stereocenters. The highest BCUT2D eigenvalue weighted by atomic mass is 16.5. The Labute approximate surface area is 104 Å². The third-order valence-electron chi connectivity index (χ3n) is 3.28. The van der Waals surface area contributed by atoms with E-state index >= 15 is 0 Å². The highest BCUT2D eigenvalue weighted by Gasteiger charge is 2.21. The maximum Gasteiger partial charge on any atom is 0.119 e. The summed E-state index contributed by atoms with van der Waals surface area (Å²) >= 11 is 0. The third-order valence-corrected chi connectivity index (χ3v) is 3.28. The minimum absolute atomic E-state index is 0.221. The lowest BCUT2D eigenvalue weighted by Crippen LogP contribution is -2.18. The molecule has 0 spiro atoms. The smallest absolute Gasteiger partial charge is 0.119 e. The van der Waals surface area contributed by atoms with Crippen LogP contribution in [0.1, 0.15) is 37.8 Å². The van der Waals surface area contributed by atoms with E-state index in [4.69, 9.17) is 10.5 Å². The van der Waals surface area contributed by atoms with Gasteiger partial charge in [0.05, 0.1) is 6.61 Å². The highest BCUT2D eigenvalue weighted by Crippen LogP contribution is 2.30. The molecule has 0 amide bonds. The first kappa shape index (κ1) is 12.4. The zero-order valence-electron chi connectivity index (χ0n) is 10.9. The van der Waals surface area contributed by atoms with Crippen LogP contribution in [0.3, 0.4) is 0 Å². The standard InChI is InChI=1S/C15H23NO/c1-3-13-9-15(17-10-12-4-5-12)7-6-14(13)8-11(2)16/h6-7,9,11-12H,3-5,8,10,16H2,1-2H3. The van der Waals surface area contributed by atoms with Crippen molar-refractivity contribution in [3.05, 3.63) is 29.3 Å². The van der Waals surface area contributed by atoms with E-state index in [-0.39, 0.29) is 6.04 Å². The molecule has 0 saturated heterocycles. The molecule has 0 radical (unpaired) electrons. The average molecular weight is 233 g/mol. The minimum Gasteiger partial charge on any atom is -0.493 e. The van der Waals surface area contributed by atoms with Crippen LogP contribution in [0.2, 0.25) is 0 Å². The predicted octanol–water partition coefficient (Wildman–Crippen LogP) is 2.93. The summed E-state index contributed by atoms with van der Waals surface area (Å²) in [6.07, 6.45) is 4.67. The molecule has 2 nitrogen and oxygen atoms in total. The van der Waals surface area contributed by atoms with Crippen LogP contribution in [0.25, 0.3) is 0 Å². The van der Waals surface area contributed by atoms with Crippen molar-refractivity contribution in [2.75, 3.05) is 6.61 Å². The van der Waals surface area contributed by atoms with Crippen molar-refractivity contribution in [1.82, 2.24) is 0 Å². The molecule has 1 aromatic carbocycles. The third kappa shape index (κ3) is 3.74. The van der Waals surface area contributed by atoms with E-state index in [0.29, 0.717) is 0 Å². The second-order valence-electron chi connectivity index (χ2n) is 5.22. The van der Waals surface area contributed by atoms with Crippen LogP contribution in [0.4, 0.5) is 0 Å². The molecule has 1 saturated carbocycles. The lowest BCUT2D eigenvalue weighted by atomic mass is 9.99. The van der Waals surface area contributed by atoms with Crippen molar-refractivity contribution in [2.24, 2.45) is 11.7 Å². The molecule has 0 heterocycles. The molecule has 1 fully saturated rings. The second kappa shape index (κ2) is 5.54. The molecule has 0 bridgehead atoms. The van der Waals surface area contributed by atoms with Crippen LogP contribution in [0.5, 0.6) is 5.75 Å². The van der Waals surface area contributed by atoms with E-state index in [2.05, 4.69) is 32.0 Å². The molecule has 17 heavy (non-hydrogen) atoms. The summed E-state index contributed by atoms with van der Waals surface area (Å²) in [5.74, 6) is 1.82. The van der Waals surface area contributed by atoms with Crippen molar-refractivity contribution >= 4 is 0 Å². The zero-order valence-corrected chi connectivity index (χ0v) is 10.9. The lowest BCUT2D eigenvalue weighted by molar-refractivity contribution is 0.299. The van der Waals surface area contributed by atoms with E-state index in [1.807, 2.05) is 0 Å². The van der Waals surface area contributed by atoms with Crippen molar-refractivity contribution in [3.8, 4) is 5.75 Å². The molecular weight excluding hydrogens is 210 g/mol. The number of nitrogens with two attached hydrogens (primary N) is 1. The van der Waals surface area contributed by atoms with Gasteiger partial charge in [0.2, 0.25) is 0 Å². The molecule has 2 heteroatoms. The number of benzene rings is 1. The predicted molar refractivity (Wildman–Crippen MR) is 71.4 cm³/mol. The molecule has 1 unspecified atom stereocenters. The van der Waals surface area contributed by atoms with Gasteiger partial charge in [0, 0.05) is 6.04 Å². The van der Waals surface area contributed by atoms with Crippen molar-refractivity contribution < 1.29 is 4.74 Å². The van der Waals surface area contributed by atoms with Gasteiger partial charge in [0.25, 0.3) is 0 Å². The molecule has 1 aromatic rings. The summed E-state index contributed by atoms with van der Waals surface area (Å²) in [4.78, 5) is 0. The Hall–Kier alpha value is -1.02. The number of aryl methyl sites for hydroxylation is 1. The normalized spacial score (nSPS) is 16.9. The van der Waals surface area contributed by atoms with Crippen LogP contribution < -0.4 is 10.5 Å². The SMILES string of the molecule is CCc1cc(OCC2CC2)ccc1CC(C)N. The van der Waals surface area contributed by atoms with Crippen LogP contribution >= 0.6 is 0 Å². The minimum atomic E-state index is 0.221. The van der Waals surface area contributed by atoms with Crippen LogP contribution in [-0.4, -0.2) is 12.6 Å². The molecule has 2 rings (SSSR count).